The van der Waals surface area contributed by atoms with Crippen LogP contribution in [-0.2, 0) is 15.9 Å². The zero-order chi connectivity index (χ0) is 23.0. The van der Waals surface area contributed by atoms with Gasteiger partial charge in [0, 0.05) is 43.7 Å². The Hall–Kier alpha value is -2.93. The molecule has 1 fully saturated rings. The van der Waals surface area contributed by atoms with E-state index in [1.165, 1.54) is 3.97 Å². The highest BCUT2D eigenvalue weighted by molar-refractivity contribution is 7.90. The van der Waals surface area contributed by atoms with E-state index in [-0.39, 0.29) is 16.8 Å². The van der Waals surface area contributed by atoms with Gasteiger partial charge in [0.1, 0.15) is 11.3 Å². The van der Waals surface area contributed by atoms with Gasteiger partial charge >= 0.3 is 0 Å². The number of hydrogen-bond donors (Lipinski definition) is 0. The second-order valence-corrected chi connectivity index (χ2v) is 10.3. The third kappa shape index (κ3) is 3.78. The van der Waals surface area contributed by atoms with E-state index in [0.29, 0.717) is 17.6 Å². The Morgan fingerprint density at radius 2 is 1.91 bits per heavy atom. The topological polar surface area (TPSA) is 96.8 Å². The van der Waals surface area contributed by atoms with E-state index in [1.54, 1.807) is 48.8 Å². The maximum atomic E-state index is 13.3. The molecule has 170 valence electrons. The monoisotopic (exact) mass is 482 g/mol. The van der Waals surface area contributed by atoms with Gasteiger partial charge in [-0.05, 0) is 31.0 Å². The summed E-state index contributed by atoms with van der Waals surface area (Å²) in [4.78, 5) is 11.7. The zero-order valence-electron chi connectivity index (χ0n) is 17.9. The van der Waals surface area contributed by atoms with E-state index < -0.39 is 10.0 Å². The van der Waals surface area contributed by atoms with Gasteiger partial charge in [0.2, 0.25) is 0 Å². The number of nitriles is 1. The zero-order valence-corrected chi connectivity index (χ0v) is 19.5. The fourth-order valence-corrected chi connectivity index (χ4v) is 6.20. The number of benzene rings is 1. The maximum absolute atomic E-state index is 13.3. The van der Waals surface area contributed by atoms with Gasteiger partial charge in [-0.3, -0.25) is 0 Å². The van der Waals surface area contributed by atoms with E-state index in [4.69, 9.17) is 21.8 Å². The Balaban J connectivity index is 1.60. The Morgan fingerprint density at radius 1 is 1.15 bits per heavy atom. The van der Waals surface area contributed by atoms with E-state index >= 15 is 0 Å². The van der Waals surface area contributed by atoms with Crippen molar-refractivity contribution in [3.63, 3.8) is 0 Å². The number of likely N-dealkylation sites (tertiary alicyclic amines) is 1. The second kappa shape index (κ2) is 8.78. The highest BCUT2D eigenvalue weighted by Gasteiger charge is 2.27. The Labute approximate surface area is 197 Å². The van der Waals surface area contributed by atoms with Crippen molar-refractivity contribution in [3.05, 3.63) is 54.6 Å². The molecule has 0 unspecified atom stereocenters. The van der Waals surface area contributed by atoms with E-state index in [0.717, 1.165) is 49.2 Å². The largest absolute Gasteiger partial charge is 0.323 e. The molecule has 0 bridgehead atoms. The number of imidazole rings is 1. The van der Waals surface area contributed by atoms with Crippen LogP contribution < -0.4 is 0 Å². The van der Waals surface area contributed by atoms with Crippen molar-refractivity contribution in [2.75, 3.05) is 19.6 Å². The summed E-state index contributed by atoms with van der Waals surface area (Å²) in [6.07, 6.45) is 5.54. The minimum atomic E-state index is -3.78. The molecule has 0 radical (unpaired) electrons. The van der Waals surface area contributed by atoms with Crippen LogP contribution in [-0.4, -0.2) is 51.5 Å². The normalized spacial score (nSPS) is 15.9. The van der Waals surface area contributed by atoms with Gasteiger partial charge in [0.15, 0.2) is 5.65 Å². The molecule has 33 heavy (non-hydrogen) atoms. The number of aromatic nitrogens is 4. The third-order valence-electron chi connectivity index (χ3n) is 6.28. The SMILES string of the molecule is N#CCCN1CCC(n2c(CCl)nc3cnc4c(ccn4S(=O)(=O)c4ccccc4)c32)CC1. The van der Waals surface area contributed by atoms with Crippen LogP contribution in [0.3, 0.4) is 0 Å². The lowest BCUT2D eigenvalue weighted by Crippen LogP contribution is -2.35. The van der Waals surface area contributed by atoms with Crippen LogP contribution in [0.5, 0.6) is 0 Å². The molecule has 1 aliphatic rings. The minimum Gasteiger partial charge on any atom is -0.323 e. The molecular weight excluding hydrogens is 460 g/mol. The highest BCUT2D eigenvalue weighted by Crippen LogP contribution is 2.34. The molecule has 4 heterocycles. The number of fused-ring (bicyclic) bond motifs is 3. The summed E-state index contributed by atoms with van der Waals surface area (Å²) in [5.74, 6) is 1.02. The standard InChI is InChI=1S/C23H23ClN6O2S/c24-15-21-27-20-16-26-23-19(9-14-29(23)33(31,32)18-5-2-1-3-6-18)22(20)30(21)17-7-12-28(13-8-17)11-4-10-25/h1-3,5-6,9,14,16-17H,4,7-8,11-13,15H2. The summed E-state index contributed by atoms with van der Waals surface area (Å²) < 4.78 is 29.9. The average Bonchev–Trinajstić information content (AvgIpc) is 3.45. The van der Waals surface area contributed by atoms with Crippen molar-refractivity contribution in [1.29, 1.82) is 5.26 Å². The highest BCUT2D eigenvalue weighted by atomic mass is 35.5. The molecule has 4 aromatic rings. The molecule has 8 nitrogen and oxygen atoms in total. The number of halogens is 1. The predicted molar refractivity (Wildman–Crippen MR) is 127 cm³/mol. The molecule has 0 spiro atoms. The summed E-state index contributed by atoms with van der Waals surface area (Å²) in [7, 11) is -3.78. The van der Waals surface area contributed by atoms with Gasteiger partial charge in [-0.15, -0.1) is 11.6 Å². The first kappa shape index (κ1) is 21.9. The van der Waals surface area contributed by atoms with Crippen LogP contribution in [0.2, 0.25) is 0 Å². The molecule has 5 rings (SSSR count). The minimum absolute atomic E-state index is 0.196. The summed E-state index contributed by atoms with van der Waals surface area (Å²) in [5.41, 5.74) is 1.95. The van der Waals surface area contributed by atoms with E-state index in [9.17, 15) is 8.42 Å². The second-order valence-electron chi connectivity index (χ2n) is 8.17. The molecule has 0 amide bonds. The summed E-state index contributed by atoms with van der Waals surface area (Å²) in [6, 6.07) is 12.5. The van der Waals surface area contributed by atoms with Crippen molar-refractivity contribution in [1.82, 2.24) is 23.4 Å². The number of nitrogens with zero attached hydrogens (tertiary/aromatic N) is 6. The molecule has 0 atom stereocenters. The summed E-state index contributed by atoms with van der Waals surface area (Å²) in [5, 5.41) is 9.60. The first-order valence-corrected chi connectivity index (χ1v) is 12.8. The van der Waals surface area contributed by atoms with Crippen molar-refractivity contribution >= 4 is 43.7 Å². The fraction of sp³-hybridized carbons (Fsp3) is 0.348. The predicted octanol–water partition coefficient (Wildman–Crippen LogP) is 3.91. The van der Waals surface area contributed by atoms with Gasteiger partial charge in [-0.2, -0.15) is 5.26 Å². The number of piperidine rings is 1. The number of hydrogen-bond acceptors (Lipinski definition) is 6. The maximum Gasteiger partial charge on any atom is 0.269 e. The van der Waals surface area contributed by atoms with E-state index in [1.807, 2.05) is 0 Å². The number of alkyl halides is 1. The molecule has 1 aromatic carbocycles. The molecule has 3 aromatic heterocycles. The Bertz CT molecular complexity index is 1450. The smallest absolute Gasteiger partial charge is 0.269 e. The van der Waals surface area contributed by atoms with Crippen LogP contribution in [0.1, 0.15) is 31.1 Å². The Kier molecular flexibility index (Phi) is 5.83. The van der Waals surface area contributed by atoms with Crippen molar-refractivity contribution in [2.45, 2.75) is 36.1 Å². The molecule has 0 saturated carbocycles. The van der Waals surface area contributed by atoms with E-state index in [2.05, 4.69) is 20.5 Å². The van der Waals surface area contributed by atoms with Crippen LogP contribution >= 0.6 is 11.6 Å². The number of rotatable bonds is 6. The fourth-order valence-electron chi connectivity index (χ4n) is 4.69. The van der Waals surface area contributed by atoms with Crippen molar-refractivity contribution in [3.8, 4) is 6.07 Å². The average molecular weight is 483 g/mol. The molecule has 1 aliphatic heterocycles. The first-order valence-electron chi connectivity index (χ1n) is 10.9. The number of pyridine rings is 1. The van der Waals surface area contributed by atoms with Gasteiger partial charge in [0.25, 0.3) is 10.0 Å². The van der Waals surface area contributed by atoms with Crippen molar-refractivity contribution in [2.24, 2.45) is 0 Å². The van der Waals surface area contributed by atoms with Crippen LogP contribution in [0.15, 0.2) is 53.7 Å². The van der Waals surface area contributed by atoms with Crippen LogP contribution in [0.4, 0.5) is 0 Å². The Morgan fingerprint density at radius 3 is 2.61 bits per heavy atom. The van der Waals surface area contributed by atoms with Crippen LogP contribution in [0, 0.1) is 11.3 Å². The lowest BCUT2D eigenvalue weighted by atomic mass is 10.0. The van der Waals surface area contributed by atoms with Gasteiger partial charge in [-0.25, -0.2) is 22.4 Å². The first-order chi connectivity index (χ1) is 16.0. The van der Waals surface area contributed by atoms with Gasteiger partial charge < -0.3 is 9.47 Å². The quantitative estimate of drug-likeness (QED) is 0.386. The lowest BCUT2D eigenvalue weighted by Gasteiger charge is -2.33. The summed E-state index contributed by atoms with van der Waals surface area (Å²) in [6.45, 7) is 2.57. The molecule has 10 heteroatoms. The summed E-state index contributed by atoms with van der Waals surface area (Å²) >= 11 is 6.28. The molecule has 0 N–H and O–H groups in total. The van der Waals surface area contributed by atoms with Gasteiger partial charge in [-0.1, -0.05) is 18.2 Å². The molecule has 0 aliphatic carbocycles. The molecular formula is C23H23ClN6O2S. The third-order valence-corrected chi connectivity index (χ3v) is 8.20. The lowest BCUT2D eigenvalue weighted by molar-refractivity contribution is 0.190. The van der Waals surface area contributed by atoms with Gasteiger partial charge in [0.05, 0.1) is 28.6 Å². The molecule has 1 saturated heterocycles. The van der Waals surface area contributed by atoms with Crippen LogP contribution in [0.25, 0.3) is 22.1 Å². The van der Waals surface area contributed by atoms with Crippen molar-refractivity contribution < 1.29 is 8.42 Å².